The summed E-state index contributed by atoms with van der Waals surface area (Å²) >= 11 is 0. The number of hydrogen-bond acceptors (Lipinski definition) is 6. The molecule has 7 nitrogen and oxygen atoms in total. The molecule has 0 unspecified atom stereocenters. The number of nitrogens with one attached hydrogen (secondary N) is 1. The lowest BCUT2D eigenvalue weighted by molar-refractivity contribution is 0.386. The zero-order valence-corrected chi connectivity index (χ0v) is 16.3. The topological polar surface area (TPSA) is 101 Å². The third kappa shape index (κ3) is 4.12. The molecule has 2 aromatic carbocycles. The van der Waals surface area contributed by atoms with Crippen LogP contribution in [0.25, 0.3) is 11.3 Å². The molecule has 29 heavy (non-hydrogen) atoms. The molecule has 1 aromatic heterocycles. The Morgan fingerprint density at radius 2 is 1.79 bits per heavy atom. The minimum atomic E-state index is -3.97. The van der Waals surface area contributed by atoms with Crippen LogP contribution in [0, 0.1) is 17.1 Å². The summed E-state index contributed by atoms with van der Waals surface area (Å²) in [6, 6.07) is 15.0. The first kappa shape index (κ1) is 20.1. The number of hydrogen-bond donors (Lipinski definition) is 1. The van der Waals surface area contributed by atoms with Gasteiger partial charge in [0.05, 0.1) is 30.5 Å². The van der Waals surface area contributed by atoms with Crippen molar-refractivity contribution in [1.29, 1.82) is 5.26 Å². The fraction of sp³-hybridized carbons (Fsp3) is 0.100. The van der Waals surface area contributed by atoms with Crippen molar-refractivity contribution in [3.8, 4) is 29.0 Å². The molecule has 3 aromatic rings. The van der Waals surface area contributed by atoms with Crippen LogP contribution in [0.3, 0.4) is 0 Å². The summed E-state index contributed by atoms with van der Waals surface area (Å²) < 4.78 is 52.2. The van der Waals surface area contributed by atoms with E-state index in [1.807, 2.05) is 6.07 Å². The van der Waals surface area contributed by atoms with Crippen molar-refractivity contribution < 1.29 is 22.3 Å². The number of aromatic nitrogens is 1. The molecule has 0 saturated heterocycles. The molecule has 1 N–H and O–H groups in total. The van der Waals surface area contributed by atoms with Gasteiger partial charge in [0, 0.05) is 5.56 Å². The van der Waals surface area contributed by atoms with Crippen LogP contribution >= 0.6 is 0 Å². The Kier molecular flexibility index (Phi) is 5.66. The summed E-state index contributed by atoms with van der Waals surface area (Å²) in [7, 11) is -1.31. The molecule has 3 rings (SSSR count). The number of rotatable bonds is 6. The van der Waals surface area contributed by atoms with Crippen LogP contribution in [-0.4, -0.2) is 27.6 Å². The van der Waals surface area contributed by atoms with Gasteiger partial charge in [-0.2, -0.15) is 5.26 Å². The lowest BCUT2D eigenvalue weighted by Crippen LogP contribution is -2.14. The maximum absolute atomic E-state index is 14.2. The number of halogens is 1. The summed E-state index contributed by atoms with van der Waals surface area (Å²) in [6.07, 6.45) is 0. The average molecular weight is 413 g/mol. The zero-order chi connectivity index (χ0) is 21.0. The van der Waals surface area contributed by atoms with Gasteiger partial charge in [0.2, 0.25) is 5.88 Å². The number of nitriles is 1. The molecule has 9 heteroatoms. The monoisotopic (exact) mass is 413 g/mol. The number of methoxy groups -OCH3 is 2. The van der Waals surface area contributed by atoms with Crippen LogP contribution in [0.4, 0.5) is 10.1 Å². The van der Waals surface area contributed by atoms with E-state index in [0.29, 0.717) is 0 Å². The number of ether oxygens (including phenoxy) is 2. The lowest BCUT2D eigenvalue weighted by atomic mass is 10.1. The average Bonchev–Trinajstić information content (AvgIpc) is 2.73. The predicted molar refractivity (Wildman–Crippen MR) is 105 cm³/mol. The zero-order valence-electron chi connectivity index (χ0n) is 15.5. The maximum Gasteiger partial charge on any atom is 0.261 e. The van der Waals surface area contributed by atoms with Gasteiger partial charge in [0.25, 0.3) is 10.0 Å². The molecule has 0 radical (unpaired) electrons. The quantitative estimate of drug-likeness (QED) is 0.663. The van der Waals surface area contributed by atoms with Gasteiger partial charge in [0.1, 0.15) is 11.6 Å². The maximum atomic E-state index is 14.2. The van der Waals surface area contributed by atoms with Crippen molar-refractivity contribution in [1.82, 2.24) is 4.98 Å². The molecule has 0 amide bonds. The van der Waals surface area contributed by atoms with Crippen LogP contribution in [0.1, 0.15) is 5.56 Å². The molecule has 0 aliphatic carbocycles. The summed E-state index contributed by atoms with van der Waals surface area (Å²) in [4.78, 5) is 4.26. The molecular weight excluding hydrogens is 397 g/mol. The number of sulfonamides is 1. The fourth-order valence-corrected chi connectivity index (χ4v) is 3.73. The highest BCUT2D eigenvalue weighted by atomic mass is 32.2. The normalized spacial score (nSPS) is 10.8. The van der Waals surface area contributed by atoms with Crippen molar-refractivity contribution in [3.63, 3.8) is 0 Å². The van der Waals surface area contributed by atoms with E-state index in [0.717, 1.165) is 6.07 Å². The van der Waals surface area contributed by atoms with E-state index in [2.05, 4.69) is 9.71 Å². The van der Waals surface area contributed by atoms with E-state index in [4.69, 9.17) is 9.47 Å². The highest BCUT2D eigenvalue weighted by molar-refractivity contribution is 7.92. The van der Waals surface area contributed by atoms with E-state index in [9.17, 15) is 18.1 Å². The van der Waals surface area contributed by atoms with Crippen LogP contribution < -0.4 is 14.2 Å². The highest BCUT2D eigenvalue weighted by Gasteiger charge is 2.21. The van der Waals surface area contributed by atoms with Gasteiger partial charge in [-0.25, -0.2) is 17.8 Å². The lowest BCUT2D eigenvalue weighted by Gasteiger charge is -2.15. The van der Waals surface area contributed by atoms with E-state index >= 15 is 0 Å². The summed E-state index contributed by atoms with van der Waals surface area (Å²) in [5, 5.41) is 9.34. The first-order valence-electron chi connectivity index (χ1n) is 8.30. The first-order chi connectivity index (χ1) is 13.9. The second-order valence-corrected chi connectivity index (χ2v) is 7.50. The molecular formula is C20H16FN3O4S. The van der Waals surface area contributed by atoms with Crippen LogP contribution in [-0.2, 0) is 10.0 Å². The second-order valence-electron chi connectivity index (χ2n) is 5.82. The number of nitrogens with zero attached hydrogens (tertiary/aromatic N) is 2. The van der Waals surface area contributed by atoms with Crippen molar-refractivity contribution in [3.05, 3.63) is 66.0 Å². The Morgan fingerprint density at radius 1 is 1.07 bits per heavy atom. The third-order valence-corrected chi connectivity index (χ3v) is 5.41. The number of benzene rings is 2. The summed E-state index contributed by atoms with van der Waals surface area (Å²) in [5.74, 6) is -0.630. The first-order valence-corrected chi connectivity index (χ1v) is 9.79. The molecule has 148 valence electrons. The van der Waals surface area contributed by atoms with Gasteiger partial charge in [-0.3, -0.25) is 4.72 Å². The van der Waals surface area contributed by atoms with Crippen LogP contribution in [0.5, 0.6) is 11.6 Å². The highest BCUT2D eigenvalue weighted by Crippen LogP contribution is 2.34. The predicted octanol–water partition coefficient (Wildman–Crippen LogP) is 3.58. The Labute approximate surface area is 167 Å². The minimum Gasteiger partial charge on any atom is -0.494 e. The fourth-order valence-electron chi connectivity index (χ4n) is 2.65. The van der Waals surface area contributed by atoms with Crippen molar-refractivity contribution in [2.45, 2.75) is 4.90 Å². The molecule has 0 fully saturated rings. The third-order valence-electron chi connectivity index (χ3n) is 4.02. The van der Waals surface area contributed by atoms with Crippen LogP contribution in [0.2, 0.25) is 0 Å². The number of pyridine rings is 1. The molecule has 0 atom stereocenters. The molecule has 0 bridgehead atoms. The van der Waals surface area contributed by atoms with Gasteiger partial charge in [-0.1, -0.05) is 18.2 Å². The second kappa shape index (κ2) is 8.16. The van der Waals surface area contributed by atoms with Crippen LogP contribution in [0.15, 0.2) is 59.5 Å². The van der Waals surface area contributed by atoms with Crippen molar-refractivity contribution in [2.75, 3.05) is 18.9 Å². The van der Waals surface area contributed by atoms with E-state index in [1.54, 1.807) is 18.2 Å². The Balaban J connectivity index is 2.18. The van der Waals surface area contributed by atoms with E-state index < -0.39 is 15.8 Å². The minimum absolute atomic E-state index is 0.00997. The van der Waals surface area contributed by atoms with E-state index in [-0.39, 0.29) is 39.0 Å². The van der Waals surface area contributed by atoms with Gasteiger partial charge in [-0.15, -0.1) is 0 Å². The molecule has 0 saturated carbocycles. The SMILES string of the molecule is COc1ccc(-c2nc(OC)c(C#N)cc2NS(=O)(=O)c2ccccc2)cc1F. The van der Waals surface area contributed by atoms with Crippen molar-refractivity contribution in [2.24, 2.45) is 0 Å². The Hall–Kier alpha value is -3.64. The largest absolute Gasteiger partial charge is 0.494 e. The van der Waals surface area contributed by atoms with Crippen molar-refractivity contribution >= 4 is 15.7 Å². The van der Waals surface area contributed by atoms with Gasteiger partial charge < -0.3 is 9.47 Å². The molecule has 1 heterocycles. The summed E-state index contributed by atoms with van der Waals surface area (Å²) in [6.45, 7) is 0. The van der Waals surface area contributed by atoms with Gasteiger partial charge >= 0.3 is 0 Å². The van der Waals surface area contributed by atoms with Gasteiger partial charge in [0.15, 0.2) is 11.6 Å². The number of anilines is 1. The Bertz CT molecular complexity index is 1190. The molecule has 0 spiro atoms. The standard InChI is InChI=1S/C20H16FN3O4S/c1-27-18-9-8-13(10-16(18)21)19-17(11-14(12-22)20(23-19)28-2)24-29(25,26)15-6-4-3-5-7-15/h3-11,24H,1-2H3. The molecule has 0 aliphatic heterocycles. The van der Waals surface area contributed by atoms with Gasteiger partial charge in [-0.05, 0) is 36.4 Å². The smallest absolute Gasteiger partial charge is 0.261 e. The Morgan fingerprint density at radius 3 is 2.38 bits per heavy atom. The summed E-state index contributed by atoms with van der Waals surface area (Å²) in [5.41, 5.74) is 0.408. The van der Waals surface area contributed by atoms with E-state index in [1.165, 1.54) is 44.6 Å². The molecule has 0 aliphatic rings.